The van der Waals surface area contributed by atoms with Crippen LogP contribution >= 0.6 is 11.8 Å². The van der Waals surface area contributed by atoms with Gasteiger partial charge in [0.1, 0.15) is 0 Å². The number of benzene rings is 2. The maximum absolute atomic E-state index is 12.3. The molecule has 0 heterocycles. The topological polar surface area (TPSA) is 89.3 Å². The zero-order valence-electron chi connectivity index (χ0n) is 14.3. The Bertz CT molecular complexity index is 850. The third kappa shape index (κ3) is 5.59. The van der Waals surface area contributed by atoms with Crippen LogP contribution in [0.5, 0.6) is 0 Å². The van der Waals surface area contributed by atoms with Crippen LogP contribution in [0.4, 0.5) is 0 Å². The lowest BCUT2D eigenvalue weighted by molar-refractivity contribution is 0.0955. The Morgan fingerprint density at radius 1 is 1.12 bits per heavy atom. The normalized spacial score (nSPS) is 11.3. The molecule has 0 bridgehead atoms. The zero-order chi connectivity index (χ0) is 18.4. The average molecular weight is 379 g/mol. The van der Waals surface area contributed by atoms with Crippen molar-refractivity contribution in [1.29, 1.82) is 0 Å². The van der Waals surface area contributed by atoms with Crippen molar-refractivity contribution in [2.75, 3.05) is 12.3 Å². The number of rotatable bonds is 7. The molecule has 0 atom stereocenters. The standard InChI is InChI=1S/C18H22N2O3S2/c1-13-10-14(2)17(25(19,22)23)11-16(13)18(21)20-8-9-24-12-15-6-4-3-5-7-15/h3-7,10-11H,8-9,12H2,1-2H3,(H,20,21)(H2,19,22,23). The summed E-state index contributed by atoms with van der Waals surface area (Å²) in [6, 6.07) is 13.1. The van der Waals surface area contributed by atoms with Crippen molar-refractivity contribution in [1.82, 2.24) is 5.32 Å². The Hall–Kier alpha value is -1.83. The molecule has 1 amide bonds. The van der Waals surface area contributed by atoms with Gasteiger partial charge in [0.25, 0.3) is 5.91 Å². The summed E-state index contributed by atoms with van der Waals surface area (Å²) in [6.45, 7) is 3.95. The summed E-state index contributed by atoms with van der Waals surface area (Å²) in [5.41, 5.74) is 2.84. The van der Waals surface area contributed by atoms with Gasteiger partial charge < -0.3 is 5.32 Å². The number of primary sulfonamides is 1. The van der Waals surface area contributed by atoms with Crippen molar-refractivity contribution in [2.45, 2.75) is 24.5 Å². The highest BCUT2D eigenvalue weighted by molar-refractivity contribution is 7.98. The summed E-state index contributed by atoms with van der Waals surface area (Å²) >= 11 is 1.73. The van der Waals surface area contributed by atoms with E-state index in [2.05, 4.69) is 17.4 Å². The Morgan fingerprint density at radius 3 is 2.44 bits per heavy atom. The molecule has 7 heteroatoms. The first-order chi connectivity index (χ1) is 11.8. The molecule has 134 valence electrons. The molecule has 25 heavy (non-hydrogen) atoms. The van der Waals surface area contributed by atoms with Gasteiger partial charge in [-0.05, 0) is 36.6 Å². The number of carbonyl (C=O) groups is 1. The van der Waals surface area contributed by atoms with Crippen LogP contribution in [0.2, 0.25) is 0 Å². The number of hydrogen-bond acceptors (Lipinski definition) is 4. The Labute approximate surface area is 153 Å². The van der Waals surface area contributed by atoms with Gasteiger partial charge in [-0.2, -0.15) is 11.8 Å². The lowest BCUT2D eigenvalue weighted by Crippen LogP contribution is -2.27. The number of hydrogen-bond donors (Lipinski definition) is 2. The molecule has 3 N–H and O–H groups in total. The van der Waals surface area contributed by atoms with E-state index in [-0.39, 0.29) is 10.8 Å². The molecular weight excluding hydrogens is 356 g/mol. The Morgan fingerprint density at radius 2 is 1.80 bits per heavy atom. The van der Waals surface area contributed by atoms with E-state index in [9.17, 15) is 13.2 Å². The van der Waals surface area contributed by atoms with E-state index >= 15 is 0 Å². The van der Waals surface area contributed by atoms with Crippen LogP contribution < -0.4 is 10.5 Å². The van der Waals surface area contributed by atoms with Gasteiger partial charge in [-0.15, -0.1) is 0 Å². The van der Waals surface area contributed by atoms with Gasteiger partial charge in [0.2, 0.25) is 10.0 Å². The summed E-state index contributed by atoms with van der Waals surface area (Å²) in [7, 11) is -3.85. The number of nitrogens with two attached hydrogens (primary N) is 1. The zero-order valence-corrected chi connectivity index (χ0v) is 15.9. The molecule has 0 spiro atoms. The first-order valence-electron chi connectivity index (χ1n) is 7.83. The first kappa shape index (κ1) is 19.5. The molecule has 5 nitrogen and oxygen atoms in total. The van der Waals surface area contributed by atoms with Crippen LogP contribution in [0.3, 0.4) is 0 Å². The maximum atomic E-state index is 12.3. The summed E-state index contributed by atoms with van der Waals surface area (Å²) in [5, 5.41) is 8.04. The van der Waals surface area contributed by atoms with Crippen LogP contribution in [0.15, 0.2) is 47.4 Å². The highest BCUT2D eigenvalue weighted by Crippen LogP contribution is 2.19. The SMILES string of the molecule is Cc1cc(C)c(S(N)(=O)=O)cc1C(=O)NCCSCc1ccccc1. The second-order valence-corrected chi connectivity index (χ2v) is 8.41. The van der Waals surface area contributed by atoms with Gasteiger partial charge in [-0.3, -0.25) is 4.79 Å². The van der Waals surface area contributed by atoms with E-state index in [0.29, 0.717) is 17.7 Å². The van der Waals surface area contributed by atoms with Gasteiger partial charge in [-0.1, -0.05) is 36.4 Å². The molecule has 0 aliphatic carbocycles. The van der Waals surface area contributed by atoms with Crippen molar-refractivity contribution < 1.29 is 13.2 Å². The predicted octanol–water partition coefficient (Wildman–Crippen LogP) is 2.61. The Kier molecular flexibility index (Phi) is 6.64. The van der Waals surface area contributed by atoms with Crippen LogP contribution in [0.25, 0.3) is 0 Å². The Balaban J connectivity index is 1.92. The summed E-state index contributed by atoms with van der Waals surface area (Å²) in [5.74, 6) is 1.37. The smallest absolute Gasteiger partial charge is 0.251 e. The molecule has 2 aromatic rings. The number of sulfonamides is 1. The highest BCUT2D eigenvalue weighted by atomic mass is 32.2. The molecule has 0 radical (unpaired) electrons. The minimum Gasteiger partial charge on any atom is -0.351 e. The lowest BCUT2D eigenvalue weighted by Gasteiger charge is -2.11. The maximum Gasteiger partial charge on any atom is 0.251 e. The molecule has 0 fully saturated rings. The molecule has 0 aliphatic heterocycles. The molecule has 0 aromatic heterocycles. The van der Waals surface area contributed by atoms with Crippen LogP contribution in [0.1, 0.15) is 27.0 Å². The van der Waals surface area contributed by atoms with Gasteiger partial charge in [0, 0.05) is 23.6 Å². The van der Waals surface area contributed by atoms with Crippen molar-refractivity contribution in [3.05, 3.63) is 64.7 Å². The first-order valence-corrected chi connectivity index (χ1v) is 10.5. The van der Waals surface area contributed by atoms with Crippen LogP contribution in [-0.4, -0.2) is 26.6 Å². The largest absolute Gasteiger partial charge is 0.351 e. The van der Waals surface area contributed by atoms with Gasteiger partial charge >= 0.3 is 0 Å². The monoisotopic (exact) mass is 378 g/mol. The molecule has 0 saturated carbocycles. The number of nitrogens with one attached hydrogen (secondary N) is 1. The molecule has 2 aromatic carbocycles. The van der Waals surface area contributed by atoms with E-state index < -0.39 is 10.0 Å². The lowest BCUT2D eigenvalue weighted by atomic mass is 10.1. The number of amides is 1. The van der Waals surface area contributed by atoms with Gasteiger partial charge in [-0.25, -0.2) is 13.6 Å². The van der Waals surface area contributed by atoms with Gasteiger partial charge in [0.05, 0.1) is 4.90 Å². The van der Waals surface area contributed by atoms with Crippen molar-refractivity contribution in [3.8, 4) is 0 Å². The van der Waals surface area contributed by atoms with E-state index in [4.69, 9.17) is 5.14 Å². The summed E-state index contributed by atoms with van der Waals surface area (Å²) < 4.78 is 23.2. The molecule has 2 rings (SSSR count). The van der Waals surface area contributed by atoms with E-state index in [1.165, 1.54) is 11.6 Å². The second kappa shape index (κ2) is 8.51. The molecular formula is C18H22N2O3S2. The molecule has 0 saturated heterocycles. The average Bonchev–Trinajstić information content (AvgIpc) is 2.54. The fourth-order valence-corrected chi connectivity index (χ4v) is 4.09. The molecule has 0 aliphatic rings. The highest BCUT2D eigenvalue weighted by Gasteiger charge is 2.17. The summed E-state index contributed by atoms with van der Waals surface area (Å²) in [6.07, 6.45) is 0. The fourth-order valence-electron chi connectivity index (χ4n) is 2.48. The molecule has 0 unspecified atom stereocenters. The van der Waals surface area contributed by atoms with Crippen LogP contribution in [-0.2, 0) is 15.8 Å². The third-order valence-electron chi connectivity index (χ3n) is 3.72. The number of aryl methyl sites for hydroxylation is 2. The van der Waals surface area contributed by atoms with E-state index in [1.807, 2.05) is 18.2 Å². The van der Waals surface area contributed by atoms with Crippen molar-refractivity contribution in [2.24, 2.45) is 5.14 Å². The summed E-state index contributed by atoms with van der Waals surface area (Å²) in [4.78, 5) is 12.3. The second-order valence-electron chi connectivity index (χ2n) is 5.77. The van der Waals surface area contributed by atoms with E-state index in [1.54, 1.807) is 31.7 Å². The fraction of sp³-hybridized carbons (Fsp3) is 0.278. The van der Waals surface area contributed by atoms with Crippen molar-refractivity contribution >= 4 is 27.7 Å². The predicted molar refractivity (Wildman–Crippen MR) is 102 cm³/mol. The minimum absolute atomic E-state index is 0.0123. The van der Waals surface area contributed by atoms with Crippen LogP contribution in [0, 0.1) is 13.8 Å². The minimum atomic E-state index is -3.85. The van der Waals surface area contributed by atoms with E-state index in [0.717, 1.165) is 17.1 Å². The number of carbonyl (C=O) groups excluding carboxylic acids is 1. The van der Waals surface area contributed by atoms with Gasteiger partial charge in [0.15, 0.2) is 0 Å². The number of thioether (sulfide) groups is 1. The third-order valence-corrected chi connectivity index (χ3v) is 5.80. The quantitative estimate of drug-likeness (QED) is 0.725. The van der Waals surface area contributed by atoms with Crippen molar-refractivity contribution in [3.63, 3.8) is 0 Å².